The van der Waals surface area contributed by atoms with E-state index in [9.17, 15) is 33.9 Å². The van der Waals surface area contributed by atoms with Gasteiger partial charge in [0.1, 0.15) is 24.2 Å². The molecule has 4 atom stereocenters. The van der Waals surface area contributed by atoms with Crippen LogP contribution in [0.4, 0.5) is 0 Å². The number of carboxylic acid groups (broad SMARTS) is 1. The number of likely N-dealkylation sites (tertiary alicyclic amines) is 1. The largest absolute Gasteiger partial charge is 0.480 e. The Labute approximate surface area is 245 Å². The Morgan fingerprint density at radius 1 is 0.976 bits per heavy atom. The molecule has 0 bridgehead atoms. The van der Waals surface area contributed by atoms with E-state index in [1.807, 2.05) is 13.8 Å². The molecule has 16 nitrogen and oxygen atoms in total. The van der Waals surface area contributed by atoms with Gasteiger partial charge in [-0.1, -0.05) is 27.7 Å². The lowest BCUT2D eigenvalue weighted by Gasteiger charge is -2.27. The third kappa shape index (κ3) is 12.3. The van der Waals surface area contributed by atoms with Crippen LogP contribution in [0.1, 0.15) is 59.8 Å². The Morgan fingerprint density at radius 2 is 1.64 bits per heavy atom. The van der Waals surface area contributed by atoms with E-state index in [0.29, 0.717) is 25.8 Å². The molecule has 0 aliphatic carbocycles. The lowest BCUT2D eigenvalue weighted by Crippen LogP contribution is -2.56. The highest BCUT2D eigenvalue weighted by Crippen LogP contribution is 2.18. The van der Waals surface area contributed by atoms with Crippen molar-refractivity contribution >= 4 is 41.5 Å². The van der Waals surface area contributed by atoms with Crippen molar-refractivity contribution in [3.63, 3.8) is 0 Å². The number of carbonyl (C=O) groups is 6. The molecule has 11 N–H and O–H groups in total. The minimum atomic E-state index is -1.25. The number of rotatable bonds is 17. The standard InChI is InChI=1S/C26H47N9O7/c1-14(2)11-17(33-23(39)18-8-6-10-35(18)20(37)12-27)22(38)31-13-19(36)34-21(15(3)4)24(40)32-16(25(41)42)7-5-9-30-26(28)29/h14-18,21H,5-13,27H2,1-4H3,(H,31,38)(H,32,40)(H,33,39)(H,34,36)(H,41,42)(H4,28,29,30)/t16-,17-,18-,21-/m0/s1. The first-order valence-corrected chi connectivity index (χ1v) is 14.1. The van der Waals surface area contributed by atoms with Crippen molar-refractivity contribution in [2.24, 2.45) is 34.0 Å². The van der Waals surface area contributed by atoms with Crippen LogP contribution in [0, 0.1) is 11.8 Å². The number of aliphatic carboxylic acids is 1. The first-order chi connectivity index (χ1) is 19.7. The highest BCUT2D eigenvalue weighted by molar-refractivity contribution is 5.95. The van der Waals surface area contributed by atoms with E-state index in [-0.39, 0.29) is 43.7 Å². The van der Waals surface area contributed by atoms with Gasteiger partial charge in [-0.3, -0.25) is 29.0 Å². The quantitative estimate of drug-likeness (QED) is 0.0490. The van der Waals surface area contributed by atoms with Gasteiger partial charge in [-0.05, 0) is 43.9 Å². The van der Waals surface area contributed by atoms with E-state index in [1.54, 1.807) is 13.8 Å². The highest BCUT2D eigenvalue weighted by atomic mass is 16.4. The fourth-order valence-electron chi connectivity index (χ4n) is 4.50. The SMILES string of the molecule is CC(C)C[C@H](NC(=O)[C@@H]1CCCN1C(=O)CN)C(=O)NCC(=O)N[C@H](C(=O)N[C@@H](CCCN=C(N)N)C(=O)O)C(C)C. The van der Waals surface area contributed by atoms with E-state index < -0.39 is 66.2 Å². The summed E-state index contributed by atoms with van der Waals surface area (Å²) in [6, 6.07) is -3.98. The summed E-state index contributed by atoms with van der Waals surface area (Å²) in [5.41, 5.74) is 16.0. The van der Waals surface area contributed by atoms with Crippen LogP contribution in [-0.2, 0) is 28.8 Å². The Bertz CT molecular complexity index is 999. The van der Waals surface area contributed by atoms with Crippen LogP contribution in [0.25, 0.3) is 0 Å². The fraction of sp³-hybridized carbons (Fsp3) is 0.731. The van der Waals surface area contributed by atoms with E-state index in [1.165, 1.54) is 4.90 Å². The number of carboxylic acids is 1. The molecule has 0 spiro atoms. The molecule has 16 heteroatoms. The molecule has 42 heavy (non-hydrogen) atoms. The van der Waals surface area contributed by atoms with Crippen molar-refractivity contribution in [3.05, 3.63) is 0 Å². The minimum absolute atomic E-state index is 0.0240. The van der Waals surface area contributed by atoms with Crippen molar-refractivity contribution < 1.29 is 33.9 Å². The predicted molar refractivity (Wildman–Crippen MR) is 154 cm³/mol. The number of nitrogens with one attached hydrogen (secondary N) is 4. The Kier molecular flexibility index (Phi) is 15.3. The molecule has 1 aliphatic heterocycles. The van der Waals surface area contributed by atoms with Crippen molar-refractivity contribution in [2.75, 3.05) is 26.2 Å². The van der Waals surface area contributed by atoms with Gasteiger partial charge in [-0.2, -0.15) is 0 Å². The third-order valence-corrected chi connectivity index (χ3v) is 6.64. The molecule has 0 unspecified atom stereocenters. The maximum atomic E-state index is 13.0. The van der Waals surface area contributed by atoms with Crippen LogP contribution >= 0.6 is 0 Å². The molecule has 1 fully saturated rings. The summed E-state index contributed by atoms with van der Waals surface area (Å²) >= 11 is 0. The number of hydrogen-bond donors (Lipinski definition) is 8. The summed E-state index contributed by atoms with van der Waals surface area (Å²) in [4.78, 5) is 80.4. The van der Waals surface area contributed by atoms with Gasteiger partial charge in [0.05, 0.1) is 13.1 Å². The summed E-state index contributed by atoms with van der Waals surface area (Å²) in [6.07, 6.45) is 1.74. The maximum Gasteiger partial charge on any atom is 0.326 e. The predicted octanol–water partition coefficient (Wildman–Crippen LogP) is -2.65. The number of carbonyl (C=O) groups excluding carboxylic acids is 5. The zero-order valence-corrected chi connectivity index (χ0v) is 24.9. The van der Waals surface area contributed by atoms with Crippen LogP contribution in [0.15, 0.2) is 4.99 Å². The van der Waals surface area contributed by atoms with E-state index in [4.69, 9.17) is 17.2 Å². The zero-order chi connectivity index (χ0) is 32.0. The van der Waals surface area contributed by atoms with Gasteiger partial charge in [0.25, 0.3) is 0 Å². The first kappa shape index (κ1) is 36.1. The Balaban J connectivity index is 2.78. The van der Waals surface area contributed by atoms with Crippen molar-refractivity contribution in [3.8, 4) is 0 Å². The lowest BCUT2D eigenvalue weighted by atomic mass is 10.0. The van der Waals surface area contributed by atoms with Crippen LogP contribution in [0.3, 0.4) is 0 Å². The number of aliphatic imine (C=N–C) groups is 1. The molecule has 1 saturated heterocycles. The van der Waals surface area contributed by atoms with E-state index in [0.717, 1.165) is 0 Å². The van der Waals surface area contributed by atoms with Gasteiger partial charge >= 0.3 is 5.97 Å². The van der Waals surface area contributed by atoms with Crippen LogP contribution in [-0.4, -0.2) is 102 Å². The third-order valence-electron chi connectivity index (χ3n) is 6.64. The van der Waals surface area contributed by atoms with Gasteiger partial charge in [-0.25, -0.2) is 4.79 Å². The average Bonchev–Trinajstić information content (AvgIpc) is 3.40. The van der Waals surface area contributed by atoms with Crippen molar-refractivity contribution in [2.45, 2.75) is 84.0 Å². The zero-order valence-electron chi connectivity index (χ0n) is 24.9. The van der Waals surface area contributed by atoms with Crippen LogP contribution in [0.2, 0.25) is 0 Å². The monoisotopic (exact) mass is 597 g/mol. The molecule has 1 heterocycles. The molecule has 0 saturated carbocycles. The maximum absolute atomic E-state index is 13.0. The molecule has 238 valence electrons. The Morgan fingerprint density at radius 3 is 2.19 bits per heavy atom. The topological polar surface area (TPSA) is 264 Å². The smallest absolute Gasteiger partial charge is 0.326 e. The number of amides is 5. The highest BCUT2D eigenvalue weighted by Gasteiger charge is 2.35. The second kappa shape index (κ2) is 17.8. The van der Waals surface area contributed by atoms with Gasteiger partial charge < -0.3 is 48.5 Å². The van der Waals surface area contributed by atoms with E-state index >= 15 is 0 Å². The number of hydrogen-bond acceptors (Lipinski definition) is 8. The van der Waals surface area contributed by atoms with Gasteiger partial charge in [0, 0.05) is 13.1 Å². The second-order valence-electron chi connectivity index (χ2n) is 11.0. The summed E-state index contributed by atoms with van der Waals surface area (Å²) in [6.45, 7) is 6.98. The Hall–Kier alpha value is -3.95. The molecule has 0 aromatic rings. The summed E-state index contributed by atoms with van der Waals surface area (Å²) in [5, 5.41) is 19.6. The molecule has 0 radical (unpaired) electrons. The number of nitrogens with two attached hydrogens (primary N) is 3. The van der Waals surface area contributed by atoms with Gasteiger partial charge in [0.2, 0.25) is 29.5 Å². The summed E-state index contributed by atoms with van der Waals surface area (Å²) in [5.74, 6) is -4.55. The van der Waals surface area contributed by atoms with Crippen LogP contribution in [0.5, 0.6) is 0 Å². The lowest BCUT2D eigenvalue weighted by molar-refractivity contribution is -0.142. The summed E-state index contributed by atoms with van der Waals surface area (Å²) in [7, 11) is 0. The summed E-state index contributed by atoms with van der Waals surface area (Å²) < 4.78 is 0. The first-order valence-electron chi connectivity index (χ1n) is 14.1. The second-order valence-corrected chi connectivity index (χ2v) is 11.0. The van der Waals surface area contributed by atoms with Crippen molar-refractivity contribution in [1.82, 2.24) is 26.2 Å². The molecular weight excluding hydrogens is 550 g/mol. The van der Waals surface area contributed by atoms with Crippen molar-refractivity contribution in [1.29, 1.82) is 0 Å². The fourth-order valence-corrected chi connectivity index (χ4v) is 4.50. The number of guanidine groups is 1. The molecule has 1 rings (SSSR count). The molecule has 1 aliphatic rings. The van der Waals surface area contributed by atoms with Gasteiger partial charge in [0.15, 0.2) is 5.96 Å². The normalized spacial score (nSPS) is 16.7. The molecule has 0 aromatic heterocycles. The molecule has 0 aromatic carbocycles. The molecular formula is C26H47N9O7. The average molecular weight is 598 g/mol. The minimum Gasteiger partial charge on any atom is -0.480 e. The van der Waals surface area contributed by atoms with Gasteiger partial charge in [-0.15, -0.1) is 0 Å². The van der Waals surface area contributed by atoms with Crippen LogP contribution < -0.4 is 38.5 Å². The molecule has 5 amide bonds. The number of nitrogens with zero attached hydrogens (tertiary/aromatic N) is 2. The van der Waals surface area contributed by atoms with E-state index in [2.05, 4.69) is 26.3 Å².